The van der Waals surface area contributed by atoms with Gasteiger partial charge in [0.15, 0.2) is 5.82 Å². The van der Waals surface area contributed by atoms with Crippen LogP contribution in [0.1, 0.15) is 19.3 Å². The van der Waals surface area contributed by atoms with Gasteiger partial charge in [-0.3, -0.25) is 0 Å². The lowest BCUT2D eigenvalue weighted by Gasteiger charge is -2.11. The van der Waals surface area contributed by atoms with Gasteiger partial charge in [-0.1, -0.05) is 0 Å². The highest BCUT2D eigenvalue weighted by atomic mass is 32.2. The molecule has 20 heavy (non-hydrogen) atoms. The number of hydrogen-bond acceptors (Lipinski definition) is 4. The monoisotopic (exact) mass is 306 g/mol. The first-order valence-corrected chi connectivity index (χ1v) is 7.75. The van der Waals surface area contributed by atoms with Gasteiger partial charge < -0.3 is 10.5 Å². The highest BCUT2D eigenvalue weighted by Gasteiger charge is 2.23. The molecule has 0 saturated carbocycles. The summed E-state index contributed by atoms with van der Waals surface area (Å²) in [5, 5.41) is 0. The van der Waals surface area contributed by atoms with E-state index >= 15 is 0 Å². The zero-order valence-electron chi connectivity index (χ0n) is 10.7. The molecule has 1 fully saturated rings. The van der Waals surface area contributed by atoms with Crippen LogP contribution in [-0.4, -0.2) is 27.7 Å². The second-order valence-corrected chi connectivity index (χ2v) is 6.33. The Balaban J connectivity index is 2.04. The van der Waals surface area contributed by atoms with Gasteiger partial charge in [0.2, 0.25) is 10.0 Å². The van der Waals surface area contributed by atoms with Gasteiger partial charge in [0, 0.05) is 13.2 Å². The molecule has 1 saturated heterocycles. The first-order chi connectivity index (χ1) is 9.42. The number of rotatable bonds is 5. The predicted octanol–water partition coefficient (Wildman–Crippen LogP) is 1.39. The number of benzene rings is 1. The third kappa shape index (κ3) is 3.25. The van der Waals surface area contributed by atoms with Crippen molar-refractivity contribution in [3.05, 3.63) is 23.8 Å². The Labute approximate surface area is 116 Å². The predicted molar refractivity (Wildman–Crippen MR) is 69.5 cm³/mol. The van der Waals surface area contributed by atoms with Crippen LogP contribution in [0.3, 0.4) is 0 Å². The minimum absolute atomic E-state index is 0.0286. The van der Waals surface area contributed by atoms with E-state index in [4.69, 9.17) is 10.5 Å². The summed E-state index contributed by atoms with van der Waals surface area (Å²) in [5.74, 6) is -2.25. The Morgan fingerprint density at radius 3 is 2.80 bits per heavy atom. The van der Waals surface area contributed by atoms with Crippen molar-refractivity contribution in [1.29, 1.82) is 0 Å². The van der Waals surface area contributed by atoms with Crippen molar-refractivity contribution >= 4 is 15.7 Å². The van der Waals surface area contributed by atoms with Gasteiger partial charge in [-0.05, 0) is 31.4 Å². The third-order valence-corrected chi connectivity index (χ3v) is 4.64. The minimum atomic E-state index is -4.05. The van der Waals surface area contributed by atoms with E-state index in [1.165, 1.54) is 0 Å². The summed E-state index contributed by atoms with van der Waals surface area (Å²) in [7, 11) is -4.05. The molecule has 2 rings (SSSR count). The van der Waals surface area contributed by atoms with Crippen LogP contribution in [0.2, 0.25) is 0 Å². The summed E-state index contributed by atoms with van der Waals surface area (Å²) >= 11 is 0. The molecule has 0 aliphatic carbocycles. The molecule has 0 aromatic heterocycles. The molecule has 1 aromatic rings. The molecule has 112 valence electrons. The Morgan fingerprint density at radius 2 is 2.15 bits per heavy atom. The first kappa shape index (κ1) is 15.1. The molecule has 1 unspecified atom stereocenters. The maximum absolute atomic E-state index is 13.7. The molecule has 3 N–H and O–H groups in total. The molecular formula is C12H16F2N2O3S. The zero-order valence-corrected chi connectivity index (χ0v) is 11.6. The molecule has 0 spiro atoms. The number of nitrogens with two attached hydrogens (primary N) is 1. The lowest BCUT2D eigenvalue weighted by Crippen LogP contribution is -2.28. The molecule has 5 nitrogen and oxygen atoms in total. The largest absolute Gasteiger partial charge is 0.394 e. The van der Waals surface area contributed by atoms with Crippen molar-refractivity contribution in [2.75, 3.05) is 18.9 Å². The topological polar surface area (TPSA) is 81.4 Å². The maximum atomic E-state index is 13.7. The van der Waals surface area contributed by atoms with Gasteiger partial charge >= 0.3 is 0 Å². The van der Waals surface area contributed by atoms with Crippen LogP contribution in [0.15, 0.2) is 17.0 Å². The highest BCUT2D eigenvalue weighted by molar-refractivity contribution is 7.89. The number of sulfonamides is 1. The number of nitrogen functional groups attached to an aromatic ring is 1. The quantitative estimate of drug-likeness (QED) is 0.806. The molecule has 0 amide bonds. The van der Waals surface area contributed by atoms with Crippen LogP contribution in [-0.2, 0) is 14.8 Å². The van der Waals surface area contributed by atoms with Crippen LogP contribution in [0.5, 0.6) is 0 Å². The van der Waals surface area contributed by atoms with Crippen LogP contribution in [0, 0.1) is 11.6 Å². The fraction of sp³-hybridized carbons (Fsp3) is 0.500. The minimum Gasteiger partial charge on any atom is -0.394 e. The molecule has 1 heterocycles. The van der Waals surface area contributed by atoms with E-state index in [1.807, 2.05) is 0 Å². The summed E-state index contributed by atoms with van der Waals surface area (Å²) in [4.78, 5) is -0.649. The SMILES string of the molecule is Nc1c(F)ccc(S(=O)(=O)NCCC2CCCO2)c1F. The molecule has 1 aliphatic rings. The van der Waals surface area contributed by atoms with Crippen LogP contribution in [0.4, 0.5) is 14.5 Å². The van der Waals surface area contributed by atoms with Crippen molar-refractivity contribution < 1.29 is 21.9 Å². The molecule has 8 heteroatoms. The summed E-state index contributed by atoms with van der Waals surface area (Å²) in [5.41, 5.74) is 4.35. The van der Waals surface area contributed by atoms with Crippen LogP contribution < -0.4 is 10.5 Å². The number of halogens is 2. The lowest BCUT2D eigenvalue weighted by atomic mass is 10.2. The second kappa shape index (κ2) is 6.02. The summed E-state index contributed by atoms with van der Waals surface area (Å²) in [6.07, 6.45) is 2.39. The first-order valence-electron chi connectivity index (χ1n) is 6.26. The van der Waals surface area contributed by atoms with Crippen LogP contribution >= 0.6 is 0 Å². The fourth-order valence-electron chi connectivity index (χ4n) is 2.06. The Kier molecular flexibility index (Phi) is 4.56. The van der Waals surface area contributed by atoms with Crippen molar-refractivity contribution in [3.63, 3.8) is 0 Å². The van der Waals surface area contributed by atoms with E-state index in [-0.39, 0.29) is 12.6 Å². The van der Waals surface area contributed by atoms with Gasteiger partial charge in [0.05, 0.1) is 6.10 Å². The van der Waals surface area contributed by atoms with E-state index in [1.54, 1.807) is 0 Å². The summed E-state index contributed by atoms with van der Waals surface area (Å²) in [6, 6.07) is 1.68. The molecular weight excluding hydrogens is 290 g/mol. The Bertz CT molecular complexity index is 587. The lowest BCUT2D eigenvalue weighted by molar-refractivity contribution is 0.105. The van der Waals surface area contributed by atoms with E-state index in [0.29, 0.717) is 13.0 Å². The van der Waals surface area contributed by atoms with Gasteiger partial charge in [-0.25, -0.2) is 21.9 Å². The normalized spacial score (nSPS) is 19.4. The molecule has 0 bridgehead atoms. The van der Waals surface area contributed by atoms with Gasteiger partial charge in [-0.2, -0.15) is 0 Å². The average Bonchev–Trinajstić information content (AvgIpc) is 2.88. The van der Waals surface area contributed by atoms with Crippen molar-refractivity contribution in [2.45, 2.75) is 30.3 Å². The van der Waals surface area contributed by atoms with Crippen molar-refractivity contribution in [3.8, 4) is 0 Å². The Hall–Kier alpha value is -1.25. The fourth-order valence-corrected chi connectivity index (χ4v) is 3.20. The van der Waals surface area contributed by atoms with Gasteiger partial charge in [0.25, 0.3) is 0 Å². The van der Waals surface area contributed by atoms with Crippen molar-refractivity contribution in [1.82, 2.24) is 4.72 Å². The Morgan fingerprint density at radius 1 is 1.40 bits per heavy atom. The van der Waals surface area contributed by atoms with Gasteiger partial charge in [-0.15, -0.1) is 0 Å². The van der Waals surface area contributed by atoms with E-state index < -0.39 is 32.2 Å². The van der Waals surface area contributed by atoms with Gasteiger partial charge in [0.1, 0.15) is 16.4 Å². The molecule has 1 aliphatic heterocycles. The average molecular weight is 306 g/mol. The number of nitrogens with one attached hydrogen (secondary N) is 1. The molecule has 1 atom stereocenters. The van der Waals surface area contributed by atoms with E-state index in [2.05, 4.69) is 4.72 Å². The van der Waals surface area contributed by atoms with Crippen LogP contribution in [0.25, 0.3) is 0 Å². The number of hydrogen-bond donors (Lipinski definition) is 2. The highest BCUT2D eigenvalue weighted by Crippen LogP contribution is 2.22. The molecule has 1 aromatic carbocycles. The zero-order chi connectivity index (χ0) is 14.8. The number of anilines is 1. The summed E-state index contributed by atoms with van der Waals surface area (Å²) in [6.45, 7) is 0.810. The second-order valence-electron chi connectivity index (χ2n) is 4.59. The van der Waals surface area contributed by atoms with E-state index in [9.17, 15) is 17.2 Å². The standard InChI is InChI=1S/C12H16F2N2O3S/c13-9-3-4-10(11(14)12(9)15)20(17,18)16-6-5-8-2-1-7-19-8/h3-4,8,16H,1-2,5-7,15H2. The summed E-state index contributed by atoms with van der Waals surface area (Å²) < 4.78 is 58.1. The number of ether oxygens (including phenoxy) is 1. The third-order valence-electron chi connectivity index (χ3n) is 3.16. The molecule has 0 radical (unpaired) electrons. The maximum Gasteiger partial charge on any atom is 0.243 e. The van der Waals surface area contributed by atoms with Crippen molar-refractivity contribution in [2.24, 2.45) is 0 Å². The smallest absolute Gasteiger partial charge is 0.243 e. The van der Waals surface area contributed by atoms with E-state index in [0.717, 1.165) is 25.0 Å².